The number of hydrogen-bond acceptors (Lipinski definition) is 2. The summed E-state index contributed by atoms with van der Waals surface area (Å²) < 4.78 is 5.37. The van der Waals surface area contributed by atoms with Crippen LogP contribution in [0.2, 0.25) is 0 Å². The first-order chi connectivity index (χ1) is 5.72. The van der Waals surface area contributed by atoms with Crippen molar-refractivity contribution in [2.24, 2.45) is 0 Å². The van der Waals surface area contributed by atoms with Crippen molar-refractivity contribution in [1.29, 1.82) is 0 Å². The van der Waals surface area contributed by atoms with Gasteiger partial charge in [-0.05, 0) is 13.3 Å². The Morgan fingerprint density at radius 2 is 2.25 bits per heavy atom. The Balaban J connectivity index is 3.86. The van der Waals surface area contributed by atoms with E-state index in [2.05, 4.69) is 6.58 Å². The van der Waals surface area contributed by atoms with Crippen LogP contribution in [-0.4, -0.2) is 23.9 Å². The number of aliphatic hydroxyl groups excluding tert-OH is 1. The lowest BCUT2D eigenvalue weighted by molar-refractivity contribution is -0.000835. The molecule has 0 saturated heterocycles. The molecule has 1 N–H and O–H groups in total. The van der Waals surface area contributed by atoms with Gasteiger partial charge in [0.1, 0.15) is 6.10 Å². The number of ether oxygens (including phenoxy) is 1. The molecule has 70 valence electrons. The Labute approximate surface area is 74.6 Å². The van der Waals surface area contributed by atoms with E-state index in [0.717, 1.165) is 6.42 Å². The van der Waals surface area contributed by atoms with Gasteiger partial charge in [0.25, 0.3) is 0 Å². The normalized spacial score (nSPS) is 16.2. The van der Waals surface area contributed by atoms with Gasteiger partial charge in [-0.25, -0.2) is 0 Å². The first-order valence-electron chi connectivity index (χ1n) is 4.31. The van der Waals surface area contributed by atoms with Crippen LogP contribution in [0.3, 0.4) is 0 Å². The number of rotatable bonds is 6. The van der Waals surface area contributed by atoms with Crippen LogP contribution >= 0.6 is 0 Å². The predicted molar refractivity (Wildman–Crippen MR) is 51.0 cm³/mol. The Hall–Kier alpha value is -0.600. The highest BCUT2D eigenvalue weighted by atomic mass is 16.5. The third-order valence-electron chi connectivity index (χ3n) is 1.43. The van der Waals surface area contributed by atoms with E-state index < -0.39 is 6.10 Å². The van der Waals surface area contributed by atoms with Gasteiger partial charge in [-0.3, -0.25) is 0 Å². The summed E-state index contributed by atoms with van der Waals surface area (Å²) in [6.07, 6.45) is 5.56. The molecule has 12 heavy (non-hydrogen) atoms. The molecule has 0 spiro atoms. The van der Waals surface area contributed by atoms with Gasteiger partial charge < -0.3 is 9.84 Å². The summed E-state index contributed by atoms with van der Waals surface area (Å²) in [7, 11) is 0. The van der Waals surface area contributed by atoms with E-state index in [-0.39, 0.29) is 6.10 Å². The largest absolute Gasteiger partial charge is 0.390 e. The summed E-state index contributed by atoms with van der Waals surface area (Å²) in [5, 5.41) is 9.25. The summed E-state index contributed by atoms with van der Waals surface area (Å²) in [4.78, 5) is 0. The standard InChI is InChI=1S/C10H18O2/c1-4-6-7-10(9(3)11)12-8-5-2/h4,6-7,9-11H,1,5,8H2,2-3H3/b7-6+. The topological polar surface area (TPSA) is 29.5 Å². The van der Waals surface area contributed by atoms with E-state index in [1.807, 2.05) is 13.0 Å². The SMILES string of the molecule is C=C/C=C/C(OCCC)C(C)O. The molecule has 0 aliphatic carbocycles. The maximum absolute atomic E-state index is 9.25. The van der Waals surface area contributed by atoms with Crippen LogP contribution < -0.4 is 0 Å². The molecule has 0 aliphatic heterocycles. The highest BCUT2D eigenvalue weighted by Crippen LogP contribution is 2.02. The quantitative estimate of drug-likeness (QED) is 0.617. The van der Waals surface area contributed by atoms with Gasteiger partial charge in [0.15, 0.2) is 0 Å². The minimum absolute atomic E-state index is 0.206. The fourth-order valence-electron chi connectivity index (χ4n) is 0.798. The van der Waals surface area contributed by atoms with Crippen LogP contribution in [-0.2, 0) is 4.74 Å². The summed E-state index contributed by atoms with van der Waals surface area (Å²) in [6, 6.07) is 0. The van der Waals surface area contributed by atoms with Crippen molar-refractivity contribution in [1.82, 2.24) is 0 Å². The Morgan fingerprint density at radius 3 is 2.67 bits per heavy atom. The molecule has 0 aromatic carbocycles. The first-order valence-corrected chi connectivity index (χ1v) is 4.31. The Bertz CT molecular complexity index is 139. The zero-order valence-corrected chi connectivity index (χ0v) is 7.86. The van der Waals surface area contributed by atoms with Gasteiger partial charge in [0.05, 0.1) is 6.10 Å². The second-order valence-corrected chi connectivity index (χ2v) is 2.70. The zero-order chi connectivity index (χ0) is 9.40. The molecule has 0 aromatic heterocycles. The second kappa shape index (κ2) is 7.07. The van der Waals surface area contributed by atoms with Crippen molar-refractivity contribution in [2.45, 2.75) is 32.5 Å². The van der Waals surface area contributed by atoms with Crippen LogP contribution in [0.1, 0.15) is 20.3 Å². The smallest absolute Gasteiger partial charge is 0.101 e. The van der Waals surface area contributed by atoms with Crippen molar-refractivity contribution >= 4 is 0 Å². The lowest BCUT2D eigenvalue weighted by atomic mass is 10.2. The molecule has 0 rings (SSSR count). The highest BCUT2D eigenvalue weighted by molar-refractivity contribution is 5.02. The molecule has 2 heteroatoms. The van der Waals surface area contributed by atoms with E-state index in [9.17, 15) is 5.11 Å². The molecule has 2 atom stereocenters. The fourth-order valence-corrected chi connectivity index (χ4v) is 0.798. The van der Waals surface area contributed by atoms with Gasteiger partial charge in [0.2, 0.25) is 0 Å². The molecule has 0 aromatic rings. The summed E-state index contributed by atoms with van der Waals surface area (Å²) in [6.45, 7) is 7.98. The Kier molecular flexibility index (Phi) is 6.72. The van der Waals surface area contributed by atoms with Gasteiger partial charge in [-0.2, -0.15) is 0 Å². The zero-order valence-electron chi connectivity index (χ0n) is 7.86. The maximum Gasteiger partial charge on any atom is 0.101 e. The molecule has 0 aliphatic rings. The van der Waals surface area contributed by atoms with Gasteiger partial charge >= 0.3 is 0 Å². The lowest BCUT2D eigenvalue weighted by Crippen LogP contribution is -2.24. The summed E-state index contributed by atoms with van der Waals surface area (Å²) >= 11 is 0. The van der Waals surface area contributed by atoms with E-state index in [1.54, 1.807) is 19.1 Å². The van der Waals surface area contributed by atoms with Gasteiger partial charge in [0, 0.05) is 6.61 Å². The average Bonchev–Trinajstić information content (AvgIpc) is 2.04. The van der Waals surface area contributed by atoms with Crippen molar-refractivity contribution in [3.63, 3.8) is 0 Å². The van der Waals surface area contributed by atoms with E-state index in [1.165, 1.54) is 0 Å². The lowest BCUT2D eigenvalue weighted by Gasteiger charge is -2.16. The molecule has 2 nitrogen and oxygen atoms in total. The molecular formula is C10H18O2. The number of allylic oxidation sites excluding steroid dienone is 2. The highest BCUT2D eigenvalue weighted by Gasteiger charge is 2.10. The van der Waals surface area contributed by atoms with Crippen molar-refractivity contribution < 1.29 is 9.84 Å². The van der Waals surface area contributed by atoms with Crippen LogP contribution in [0, 0.1) is 0 Å². The van der Waals surface area contributed by atoms with Gasteiger partial charge in [-0.1, -0.05) is 31.7 Å². The number of aliphatic hydroxyl groups is 1. The average molecular weight is 170 g/mol. The number of hydrogen-bond donors (Lipinski definition) is 1. The molecule has 2 unspecified atom stereocenters. The Morgan fingerprint density at radius 1 is 1.58 bits per heavy atom. The van der Waals surface area contributed by atoms with Gasteiger partial charge in [-0.15, -0.1) is 0 Å². The van der Waals surface area contributed by atoms with Crippen LogP contribution in [0.15, 0.2) is 24.8 Å². The maximum atomic E-state index is 9.25. The van der Waals surface area contributed by atoms with E-state index >= 15 is 0 Å². The monoisotopic (exact) mass is 170 g/mol. The third-order valence-corrected chi connectivity index (χ3v) is 1.43. The molecule has 0 heterocycles. The molecule has 0 saturated carbocycles. The minimum Gasteiger partial charge on any atom is -0.390 e. The second-order valence-electron chi connectivity index (χ2n) is 2.70. The molecule has 0 amide bonds. The molecule has 0 radical (unpaired) electrons. The van der Waals surface area contributed by atoms with Crippen molar-refractivity contribution in [2.75, 3.05) is 6.61 Å². The van der Waals surface area contributed by atoms with Crippen LogP contribution in [0.25, 0.3) is 0 Å². The van der Waals surface area contributed by atoms with Crippen LogP contribution in [0.5, 0.6) is 0 Å². The first kappa shape index (κ1) is 11.4. The summed E-state index contributed by atoms with van der Waals surface area (Å²) in [5.74, 6) is 0. The van der Waals surface area contributed by atoms with E-state index in [4.69, 9.17) is 4.74 Å². The van der Waals surface area contributed by atoms with Crippen LogP contribution in [0.4, 0.5) is 0 Å². The molecule has 0 bridgehead atoms. The molecule has 0 fully saturated rings. The minimum atomic E-state index is -0.465. The van der Waals surface area contributed by atoms with E-state index in [0.29, 0.717) is 6.61 Å². The molecular weight excluding hydrogens is 152 g/mol. The fraction of sp³-hybridized carbons (Fsp3) is 0.600. The predicted octanol–water partition coefficient (Wildman–Crippen LogP) is 1.90. The van der Waals surface area contributed by atoms with Crippen molar-refractivity contribution in [3.05, 3.63) is 24.8 Å². The third kappa shape index (κ3) is 5.10. The summed E-state index contributed by atoms with van der Waals surface area (Å²) in [5.41, 5.74) is 0. The van der Waals surface area contributed by atoms with Crippen molar-refractivity contribution in [3.8, 4) is 0 Å².